The molecule has 0 saturated carbocycles. The first-order chi connectivity index (χ1) is 16.1. The quantitative estimate of drug-likeness (QED) is 0.293. The summed E-state index contributed by atoms with van der Waals surface area (Å²) in [6.45, 7) is 2.20. The van der Waals surface area contributed by atoms with E-state index in [-0.39, 0.29) is 35.2 Å². The highest BCUT2D eigenvalue weighted by Crippen LogP contribution is 2.26. The van der Waals surface area contributed by atoms with E-state index in [9.17, 15) is 9.18 Å². The summed E-state index contributed by atoms with van der Waals surface area (Å²) in [5, 5.41) is 13.3. The van der Waals surface area contributed by atoms with Crippen LogP contribution < -0.4 is 10.1 Å². The molecule has 4 rings (SSSR count). The maximum atomic E-state index is 12.9. The van der Waals surface area contributed by atoms with Crippen molar-refractivity contribution in [3.8, 4) is 17.0 Å². The number of nitrogens with one attached hydrogen (secondary N) is 1. The molecule has 4 aromatic rings. The highest BCUT2D eigenvalue weighted by Gasteiger charge is 2.12. The molecule has 1 amide bonds. The Labute approximate surface area is 198 Å². The van der Waals surface area contributed by atoms with E-state index in [2.05, 4.69) is 51.7 Å². The largest absolute Gasteiger partial charge is 0.484 e. The molecule has 0 saturated heterocycles. The minimum atomic E-state index is -0.341. The Kier molecular flexibility index (Phi) is 7.69. The molecule has 2 aromatic heterocycles. The normalized spacial score (nSPS) is 10.8. The fraction of sp³-hybridized carbons (Fsp3) is 0.217. The molecule has 33 heavy (non-hydrogen) atoms. The maximum absolute atomic E-state index is 12.9. The molecule has 0 fully saturated rings. The van der Waals surface area contributed by atoms with Crippen molar-refractivity contribution in [2.24, 2.45) is 0 Å². The number of aryl methyl sites for hydroxylation is 1. The van der Waals surface area contributed by atoms with Gasteiger partial charge in [-0.2, -0.15) is 0 Å². The van der Waals surface area contributed by atoms with Crippen molar-refractivity contribution in [2.45, 2.75) is 31.6 Å². The molecule has 170 valence electrons. The van der Waals surface area contributed by atoms with Crippen molar-refractivity contribution in [2.75, 3.05) is 11.1 Å². The van der Waals surface area contributed by atoms with E-state index in [0.29, 0.717) is 10.9 Å². The van der Waals surface area contributed by atoms with Crippen LogP contribution in [0.5, 0.6) is 5.75 Å². The Morgan fingerprint density at radius 2 is 1.94 bits per heavy atom. The molecule has 0 spiro atoms. The molecule has 0 unspecified atom stereocenters. The number of halogens is 1. The zero-order valence-corrected chi connectivity index (χ0v) is 19.4. The van der Waals surface area contributed by atoms with Gasteiger partial charge in [0.25, 0.3) is 11.1 Å². The van der Waals surface area contributed by atoms with Gasteiger partial charge in [0.05, 0.1) is 11.4 Å². The van der Waals surface area contributed by atoms with Crippen LogP contribution in [0.15, 0.2) is 63.6 Å². The summed E-state index contributed by atoms with van der Waals surface area (Å²) in [4.78, 5) is 16.8. The molecule has 2 heterocycles. The van der Waals surface area contributed by atoms with Crippen LogP contribution >= 0.6 is 23.1 Å². The predicted molar refractivity (Wildman–Crippen MR) is 126 cm³/mol. The lowest BCUT2D eigenvalue weighted by molar-refractivity contribution is -0.113. The summed E-state index contributed by atoms with van der Waals surface area (Å²) in [6, 6.07) is 13.9. The number of hydrogen-bond acceptors (Lipinski definition) is 8. The Balaban J connectivity index is 1.24. The topological polar surface area (TPSA) is 90.1 Å². The van der Waals surface area contributed by atoms with Crippen LogP contribution in [0.3, 0.4) is 0 Å². The van der Waals surface area contributed by atoms with Gasteiger partial charge in [-0.3, -0.25) is 4.79 Å². The standard InChI is InChI=1S/C23H21FN4O3S2/c1-2-3-15-4-6-16(7-5-15)19-13-32-22(25-19)26-20(29)14-33-23-28-27-21(31-23)12-30-18-10-8-17(24)9-11-18/h4-11,13H,2-3,12,14H2,1H3,(H,25,26,29). The lowest BCUT2D eigenvalue weighted by atomic mass is 10.1. The summed E-state index contributed by atoms with van der Waals surface area (Å²) in [7, 11) is 0. The van der Waals surface area contributed by atoms with Crippen molar-refractivity contribution >= 4 is 34.1 Å². The van der Waals surface area contributed by atoms with Crippen molar-refractivity contribution < 1.29 is 18.3 Å². The Morgan fingerprint density at radius 1 is 1.15 bits per heavy atom. The van der Waals surface area contributed by atoms with E-state index >= 15 is 0 Å². The van der Waals surface area contributed by atoms with Gasteiger partial charge in [0.15, 0.2) is 11.7 Å². The van der Waals surface area contributed by atoms with Crippen LogP contribution in [-0.2, 0) is 17.8 Å². The van der Waals surface area contributed by atoms with E-state index in [4.69, 9.17) is 9.15 Å². The van der Waals surface area contributed by atoms with Gasteiger partial charge >= 0.3 is 0 Å². The predicted octanol–water partition coefficient (Wildman–Crippen LogP) is 5.59. The third-order valence-electron chi connectivity index (χ3n) is 4.49. The molecule has 1 N–H and O–H groups in total. The number of benzene rings is 2. The number of thiazole rings is 1. The first-order valence-electron chi connectivity index (χ1n) is 10.3. The second-order valence-corrected chi connectivity index (χ2v) is 8.81. The van der Waals surface area contributed by atoms with Crippen LogP contribution in [-0.4, -0.2) is 26.8 Å². The van der Waals surface area contributed by atoms with E-state index in [0.717, 1.165) is 35.9 Å². The number of ether oxygens (including phenoxy) is 1. The van der Waals surface area contributed by atoms with E-state index < -0.39 is 0 Å². The molecular formula is C23H21FN4O3S2. The van der Waals surface area contributed by atoms with E-state index in [1.807, 2.05) is 5.38 Å². The Morgan fingerprint density at radius 3 is 2.70 bits per heavy atom. The molecule has 0 aliphatic heterocycles. The number of aromatic nitrogens is 3. The lowest BCUT2D eigenvalue weighted by Gasteiger charge is -2.02. The number of nitrogens with zero attached hydrogens (tertiary/aromatic N) is 3. The SMILES string of the molecule is CCCc1ccc(-c2csc(NC(=O)CSc3nnc(COc4ccc(F)cc4)o3)n2)cc1. The number of anilines is 1. The fourth-order valence-corrected chi connectivity index (χ4v) is 4.22. The Hall–Kier alpha value is -3.24. The van der Waals surface area contributed by atoms with Crippen LogP contribution in [0.25, 0.3) is 11.3 Å². The van der Waals surface area contributed by atoms with Crippen molar-refractivity contribution in [1.29, 1.82) is 0 Å². The molecular weight excluding hydrogens is 463 g/mol. The van der Waals surface area contributed by atoms with Crippen molar-refractivity contribution in [1.82, 2.24) is 15.2 Å². The minimum Gasteiger partial charge on any atom is -0.484 e. The monoisotopic (exact) mass is 484 g/mol. The third kappa shape index (κ3) is 6.62. The molecule has 2 aromatic carbocycles. The summed E-state index contributed by atoms with van der Waals surface area (Å²) < 4.78 is 23.9. The van der Waals surface area contributed by atoms with Crippen LogP contribution in [0, 0.1) is 5.82 Å². The Bertz CT molecular complexity index is 1190. The number of thioether (sulfide) groups is 1. The molecule has 7 nitrogen and oxygen atoms in total. The second kappa shape index (κ2) is 11.1. The maximum Gasteiger partial charge on any atom is 0.277 e. The van der Waals surface area contributed by atoms with Gasteiger partial charge in [-0.1, -0.05) is 49.4 Å². The van der Waals surface area contributed by atoms with Crippen LogP contribution in [0.2, 0.25) is 0 Å². The number of carbonyl (C=O) groups is 1. The molecule has 0 aliphatic rings. The third-order valence-corrected chi connectivity index (χ3v) is 6.07. The summed E-state index contributed by atoms with van der Waals surface area (Å²) >= 11 is 2.50. The lowest BCUT2D eigenvalue weighted by Crippen LogP contribution is -2.13. The highest BCUT2D eigenvalue weighted by atomic mass is 32.2. The van der Waals surface area contributed by atoms with Gasteiger partial charge < -0.3 is 14.5 Å². The van der Waals surface area contributed by atoms with Gasteiger partial charge in [-0.15, -0.1) is 21.5 Å². The molecule has 10 heteroatoms. The summed E-state index contributed by atoms with van der Waals surface area (Å²) in [5.74, 6) is 0.287. The van der Waals surface area contributed by atoms with Gasteiger partial charge in [-0.05, 0) is 36.2 Å². The fourth-order valence-electron chi connectivity index (χ4n) is 2.91. The first-order valence-corrected chi connectivity index (χ1v) is 12.1. The first kappa shape index (κ1) is 22.9. The van der Waals surface area contributed by atoms with E-state index in [1.165, 1.54) is 41.2 Å². The number of carbonyl (C=O) groups excluding carboxylic acids is 1. The van der Waals surface area contributed by atoms with Gasteiger partial charge in [0.2, 0.25) is 5.91 Å². The zero-order chi connectivity index (χ0) is 23.0. The highest BCUT2D eigenvalue weighted by molar-refractivity contribution is 7.99. The van der Waals surface area contributed by atoms with Crippen LogP contribution in [0.4, 0.5) is 9.52 Å². The van der Waals surface area contributed by atoms with Gasteiger partial charge in [-0.25, -0.2) is 9.37 Å². The van der Waals surface area contributed by atoms with E-state index in [1.54, 1.807) is 0 Å². The van der Waals surface area contributed by atoms with Crippen LogP contribution in [0.1, 0.15) is 24.8 Å². The summed E-state index contributed by atoms with van der Waals surface area (Å²) in [6.07, 6.45) is 2.16. The number of rotatable bonds is 10. The van der Waals surface area contributed by atoms with Gasteiger partial charge in [0, 0.05) is 10.9 Å². The second-order valence-electron chi connectivity index (χ2n) is 7.03. The molecule has 0 atom stereocenters. The van der Waals surface area contributed by atoms with Crippen molar-refractivity contribution in [3.63, 3.8) is 0 Å². The summed E-state index contributed by atoms with van der Waals surface area (Å²) in [5.41, 5.74) is 3.14. The number of hydrogen-bond donors (Lipinski definition) is 1. The zero-order valence-electron chi connectivity index (χ0n) is 17.8. The molecule has 0 aliphatic carbocycles. The van der Waals surface area contributed by atoms with Crippen molar-refractivity contribution in [3.05, 3.63) is 71.2 Å². The average molecular weight is 485 g/mol. The number of amides is 1. The smallest absolute Gasteiger partial charge is 0.277 e. The average Bonchev–Trinajstić information content (AvgIpc) is 3.48. The molecule has 0 radical (unpaired) electrons. The minimum absolute atomic E-state index is 0.0483. The van der Waals surface area contributed by atoms with Gasteiger partial charge in [0.1, 0.15) is 11.6 Å². The molecule has 0 bridgehead atoms.